The van der Waals surface area contributed by atoms with Crippen LogP contribution in [0.5, 0.6) is 0 Å². The second kappa shape index (κ2) is 8.74. The van der Waals surface area contributed by atoms with Gasteiger partial charge in [-0.3, -0.25) is 19.2 Å². The summed E-state index contributed by atoms with van der Waals surface area (Å²) in [6.07, 6.45) is 0. The van der Waals surface area contributed by atoms with Crippen LogP contribution >= 0.6 is 22.9 Å². The number of nitrogens with one attached hydrogen (secondary N) is 1. The van der Waals surface area contributed by atoms with Gasteiger partial charge in [0, 0.05) is 17.3 Å². The molecule has 5 rings (SSSR count). The molecule has 0 saturated carbocycles. The number of aryl methyl sites for hydroxylation is 1. The van der Waals surface area contributed by atoms with E-state index in [1.165, 1.54) is 0 Å². The van der Waals surface area contributed by atoms with E-state index in [4.69, 9.17) is 11.6 Å². The Kier molecular flexibility index (Phi) is 5.75. The van der Waals surface area contributed by atoms with Crippen LogP contribution in [0.3, 0.4) is 0 Å². The molecule has 1 N–H and O–H groups in total. The van der Waals surface area contributed by atoms with Gasteiger partial charge in [-0.25, -0.2) is 0 Å². The molecule has 1 aliphatic heterocycles. The number of hydrogen-bond donors (Lipinski definition) is 1. The number of carbonyl (C=O) groups excluding carboxylic acids is 2. The largest absolute Gasteiger partial charge is 0.350 e. The van der Waals surface area contributed by atoms with E-state index in [1.54, 1.807) is 46.0 Å². The highest BCUT2D eigenvalue weighted by Gasteiger charge is 2.48. The molecule has 1 unspecified atom stereocenters. The first-order chi connectivity index (χ1) is 16.3. The number of fused-ring (bicyclic) bond motifs is 1. The van der Waals surface area contributed by atoms with Crippen LogP contribution in [0.4, 0.5) is 5.69 Å². The summed E-state index contributed by atoms with van der Waals surface area (Å²) in [5.41, 5.74) is 2.69. The fraction of sp³-hybridized carbons (Fsp3) is 0.192. The number of hydrogen-bond acceptors (Lipinski definition) is 4. The van der Waals surface area contributed by atoms with Gasteiger partial charge >= 0.3 is 0 Å². The standard InChI is InChI=1S/C26H23ClN4O2S/c1-17-5-11-20(12-6-17)31-24(32)22-14-21(23-4-3-13-34-23)29-30(22)16-26(31,2)25(33)28-15-18-7-9-19(27)10-8-18/h3-14H,15-16H2,1-2H3,(H,28,33). The SMILES string of the molecule is Cc1ccc(N2C(=O)c3cc(-c4cccs4)nn3CC2(C)C(=O)NCc2ccc(Cl)cc2)cc1. The molecule has 0 aliphatic carbocycles. The molecule has 0 bridgehead atoms. The van der Waals surface area contributed by atoms with Crippen LogP contribution < -0.4 is 10.2 Å². The molecule has 0 radical (unpaired) electrons. The number of carbonyl (C=O) groups is 2. The molecule has 2 amide bonds. The van der Waals surface area contributed by atoms with Crippen molar-refractivity contribution < 1.29 is 9.59 Å². The van der Waals surface area contributed by atoms with Crippen LogP contribution in [0.15, 0.2) is 72.1 Å². The Bertz CT molecular complexity index is 1350. The van der Waals surface area contributed by atoms with Crippen LogP contribution in [-0.4, -0.2) is 27.1 Å². The van der Waals surface area contributed by atoms with Gasteiger partial charge in [0.15, 0.2) is 0 Å². The lowest BCUT2D eigenvalue weighted by Gasteiger charge is -2.43. The molecule has 4 aromatic rings. The second-order valence-corrected chi connectivity index (χ2v) is 9.99. The lowest BCUT2D eigenvalue weighted by Crippen LogP contribution is -2.64. The molecule has 6 nitrogen and oxygen atoms in total. The van der Waals surface area contributed by atoms with Crippen molar-refractivity contribution in [3.8, 4) is 10.6 Å². The predicted molar refractivity (Wildman–Crippen MR) is 135 cm³/mol. The minimum atomic E-state index is -1.18. The average molecular weight is 491 g/mol. The zero-order valence-electron chi connectivity index (χ0n) is 18.8. The number of benzene rings is 2. The van der Waals surface area contributed by atoms with E-state index in [1.807, 2.05) is 60.8 Å². The van der Waals surface area contributed by atoms with Crippen molar-refractivity contribution in [1.82, 2.24) is 15.1 Å². The van der Waals surface area contributed by atoms with Crippen molar-refractivity contribution >= 4 is 40.4 Å². The highest BCUT2D eigenvalue weighted by Crippen LogP contribution is 2.35. The Hall–Kier alpha value is -3.42. The third kappa shape index (κ3) is 4.02. The topological polar surface area (TPSA) is 67.2 Å². The van der Waals surface area contributed by atoms with E-state index in [0.717, 1.165) is 21.7 Å². The Morgan fingerprint density at radius 3 is 2.56 bits per heavy atom. The van der Waals surface area contributed by atoms with E-state index in [0.29, 0.717) is 22.9 Å². The van der Waals surface area contributed by atoms with Crippen molar-refractivity contribution in [3.05, 3.63) is 94.0 Å². The zero-order valence-corrected chi connectivity index (χ0v) is 20.4. The van der Waals surface area contributed by atoms with Gasteiger partial charge in [-0.1, -0.05) is 47.5 Å². The highest BCUT2D eigenvalue weighted by molar-refractivity contribution is 7.13. The van der Waals surface area contributed by atoms with Gasteiger partial charge in [0.1, 0.15) is 16.9 Å². The van der Waals surface area contributed by atoms with E-state index < -0.39 is 5.54 Å². The number of anilines is 1. The maximum atomic E-state index is 13.8. The molecule has 2 aromatic heterocycles. The minimum absolute atomic E-state index is 0.236. The summed E-state index contributed by atoms with van der Waals surface area (Å²) < 4.78 is 1.66. The van der Waals surface area contributed by atoms with Gasteiger partial charge in [-0.2, -0.15) is 5.10 Å². The first kappa shape index (κ1) is 22.4. The molecule has 0 fully saturated rings. The maximum absolute atomic E-state index is 13.8. The first-order valence-electron chi connectivity index (χ1n) is 10.9. The Labute approximate surface area is 206 Å². The molecule has 172 valence electrons. The van der Waals surface area contributed by atoms with Crippen LogP contribution in [0, 0.1) is 6.92 Å². The summed E-state index contributed by atoms with van der Waals surface area (Å²) in [7, 11) is 0. The van der Waals surface area contributed by atoms with Gasteiger partial charge in [-0.15, -0.1) is 11.3 Å². The summed E-state index contributed by atoms with van der Waals surface area (Å²) in [6, 6.07) is 20.7. The molecular formula is C26H23ClN4O2S. The summed E-state index contributed by atoms with van der Waals surface area (Å²) in [6.45, 7) is 4.34. The molecule has 1 aliphatic rings. The maximum Gasteiger partial charge on any atom is 0.277 e. The van der Waals surface area contributed by atoms with Gasteiger partial charge < -0.3 is 5.32 Å². The summed E-state index contributed by atoms with van der Waals surface area (Å²) in [4.78, 5) is 30.0. The number of rotatable bonds is 5. The second-order valence-electron chi connectivity index (χ2n) is 8.61. The molecule has 0 saturated heterocycles. The average Bonchev–Trinajstić information content (AvgIpc) is 3.50. The van der Waals surface area contributed by atoms with E-state index in [-0.39, 0.29) is 18.4 Å². The number of thiophene rings is 1. The van der Waals surface area contributed by atoms with E-state index in [2.05, 4.69) is 10.4 Å². The van der Waals surface area contributed by atoms with Crippen molar-refractivity contribution in [2.24, 2.45) is 0 Å². The van der Waals surface area contributed by atoms with E-state index >= 15 is 0 Å². The molecular weight excluding hydrogens is 468 g/mol. The molecule has 8 heteroatoms. The smallest absolute Gasteiger partial charge is 0.277 e. The fourth-order valence-corrected chi connectivity index (χ4v) is 5.01. The number of halogens is 1. The highest BCUT2D eigenvalue weighted by atomic mass is 35.5. The molecule has 3 heterocycles. The Morgan fingerprint density at radius 1 is 1.15 bits per heavy atom. The first-order valence-corrected chi connectivity index (χ1v) is 12.2. The summed E-state index contributed by atoms with van der Waals surface area (Å²) >= 11 is 7.54. The number of amides is 2. The summed E-state index contributed by atoms with van der Waals surface area (Å²) in [5, 5.41) is 10.3. The Morgan fingerprint density at radius 2 is 1.88 bits per heavy atom. The monoisotopic (exact) mass is 490 g/mol. The van der Waals surface area contributed by atoms with Crippen molar-refractivity contribution in [2.45, 2.75) is 32.5 Å². The van der Waals surface area contributed by atoms with Crippen LogP contribution in [-0.2, 0) is 17.9 Å². The third-order valence-corrected chi connectivity index (χ3v) is 7.22. The number of nitrogens with zero attached hydrogens (tertiary/aromatic N) is 3. The van der Waals surface area contributed by atoms with E-state index in [9.17, 15) is 9.59 Å². The van der Waals surface area contributed by atoms with Crippen molar-refractivity contribution in [3.63, 3.8) is 0 Å². The number of aromatic nitrogens is 2. The van der Waals surface area contributed by atoms with Gasteiger partial charge in [0.05, 0.1) is 11.4 Å². The van der Waals surface area contributed by atoms with Crippen LogP contribution in [0.2, 0.25) is 5.02 Å². The minimum Gasteiger partial charge on any atom is -0.350 e. The lowest BCUT2D eigenvalue weighted by atomic mass is 9.93. The van der Waals surface area contributed by atoms with Gasteiger partial charge in [-0.05, 0) is 61.2 Å². The zero-order chi connectivity index (χ0) is 23.9. The molecule has 34 heavy (non-hydrogen) atoms. The molecule has 0 spiro atoms. The van der Waals surface area contributed by atoms with Crippen molar-refractivity contribution in [1.29, 1.82) is 0 Å². The molecule has 1 atom stereocenters. The third-order valence-electron chi connectivity index (χ3n) is 6.07. The van der Waals surface area contributed by atoms with Crippen LogP contribution in [0.25, 0.3) is 10.6 Å². The van der Waals surface area contributed by atoms with Crippen LogP contribution in [0.1, 0.15) is 28.5 Å². The quantitative estimate of drug-likeness (QED) is 0.412. The molecule has 2 aromatic carbocycles. The van der Waals surface area contributed by atoms with Gasteiger partial charge in [0.25, 0.3) is 5.91 Å². The normalized spacial score (nSPS) is 17.5. The fourth-order valence-electron chi connectivity index (χ4n) is 4.20. The summed E-state index contributed by atoms with van der Waals surface area (Å²) in [5.74, 6) is -0.509. The van der Waals surface area contributed by atoms with Crippen molar-refractivity contribution in [2.75, 3.05) is 4.90 Å². The van der Waals surface area contributed by atoms with Gasteiger partial charge in [0.2, 0.25) is 5.91 Å². The lowest BCUT2D eigenvalue weighted by molar-refractivity contribution is -0.126. The Balaban J connectivity index is 1.52. The predicted octanol–water partition coefficient (Wildman–Crippen LogP) is 5.31.